The molecule has 2 N–H and O–H groups in total. The van der Waals surface area contributed by atoms with E-state index in [0.717, 1.165) is 32.5 Å². The summed E-state index contributed by atoms with van der Waals surface area (Å²) in [7, 11) is 0. The van der Waals surface area contributed by atoms with Crippen molar-refractivity contribution in [2.75, 3.05) is 13.1 Å². The summed E-state index contributed by atoms with van der Waals surface area (Å²) in [6.07, 6.45) is 2.26. The molecule has 1 heterocycles. The molecule has 0 saturated carbocycles. The van der Waals surface area contributed by atoms with Crippen LogP contribution < -0.4 is 5.73 Å². The van der Waals surface area contributed by atoms with Gasteiger partial charge >= 0.3 is 0 Å². The predicted octanol–water partition coefficient (Wildman–Crippen LogP) is 2.79. The van der Waals surface area contributed by atoms with Gasteiger partial charge in [-0.2, -0.15) is 0 Å². The first kappa shape index (κ1) is 14.0. The molecule has 0 unspecified atom stereocenters. The van der Waals surface area contributed by atoms with Crippen LogP contribution in [-0.4, -0.2) is 24.0 Å². The number of hydrogen-bond donors (Lipinski definition) is 1. The summed E-state index contributed by atoms with van der Waals surface area (Å²) in [5.41, 5.74) is 7.25. The number of piperidine rings is 1. The van der Waals surface area contributed by atoms with Crippen molar-refractivity contribution in [3.63, 3.8) is 0 Å². The first-order valence-electron chi connectivity index (χ1n) is 5.47. The van der Waals surface area contributed by atoms with Gasteiger partial charge in [0.05, 0.1) is 0 Å². The fourth-order valence-corrected chi connectivity index (χ4v) is 2.39. The number of halogens is 2. The lowest BCUT2D eigenvalue weighted by Gasteiger charge is -2.30. The minimum Gasteiger partial charge on any atom is -0.328 e. The molecule has 1 fully saturated rings. The fraction of sp³-hybridized carbons (Fsp3) is 0.500. The van der Waals surface area contributed by atoms with Crippen LogP contribution >= 0.6 is 28.3 Å². The third kappa shape index (κ3) is 3.74. The lowest BCUT2D eigenvalue weighted by atomic mass is 10.1. The van der Waals surface area contributed by atoms with Gasteiger partial charge in [-0.05, 0) is 37.6 Å². The molecule has 0 amide bonds. The first-order valence-corrected chi connectivity index (χ1v) is 6.26. The zero-order valence-electron chi connectivity index (χ0n) is 9.23. The van der Waals surface area contributed by atoms with E-state index in [1.165, 1.54) is 10.0 Å². The molecule has 1 aromatic rings. The number of rotatable bonds is 2. The van der Waals surface area contributed by atoms with Gasteiger partial charge in [-0.25, -0.2) is 0 Å². The molecule has 1 saturated heterocycles. The summed E-state index contributed by atoms with van der Waals surface area (Å²) in [6, 6.07) is 8.85. The molecule has 1 aromatic carbocycles. The van der Waals surface area contributed by atoms with Gasteiger partial charge in [-0.15, -0.1) is 12.4 Å². The smallest absolute Gasteiger partial charge is 0.0244 e. The highest BCUT2D eigenvalue weighted by Gasteiger charge is 2.16. The van der Waals surface area contributed by atoms with E-state index >= 15 is 0 Å². The Morgan fingerprint density at radius 1 is 1.25 bits per heavy atom. The third-order valence-electron chi connectivity index (χ3n) is 2.98. The Kier molecular flexibility index (Phi) is 5.76. The van der Waals surface area contributed by atoms with Crippen molar-refractivity contribution < 1.29 is 0 Å². The Labute approximate surface area is 112 Å². The second-order valence-electron chi connectivity index (χ2n) is 4.20. The number of hydrogen-bond acceptors (Lipinski definition) is 2. The van der Waals surface area contributed by atoms with Gasteiger partial charge in [0.1, 0.15) is 0 Å². The summed E-state index contributed by atoms with van der Waals surface area (Å²) in [4.78, 5) is 2.48. The summed E-state index contributed by atoms with van der Waals surface area (Å²) in [6.45, 7) is 3.29. The molecule has 1 aliphatic heterocycles. The molecular formula is C12H18BrClN2. The molecule has 0 spiro atoms. The molecular weight excluding hydrogens is 288 g/mol. The van der Waals surface area contributed by atoms with Crippen molar-refractivity contribution in [2.45, 2.75) is 25.4 Å². The standard InChI is InChI=1S/C12H17BrN2.ClH/c13-12-4-2-1-3-10(12)9-15-7-5-11(14)6-8-15;/h1-4,11H,5-9,14H2;1H. The molecule has 90 valence electrons. The Bertz CT molecular complexity index is 325. The predicted molar refractivity (Wildman–Crippen MR) is 73.9 cm³/mol. The average molecular weight is 306 g/mol. The Morgan fingerprint density at radius 2 is 1.88 bits per heavy atom. The van der Waals surface area contributed by atoms with E-state index in [1.54, 1.807) is 0 Å². The zero-order valence-corrected chi connectivity index (χ0v) is 11.6. The van der Waals surface area contributed by atoms with Gasteiger partial charge in [0.25, 0.3) is 0 Å². The van der Waals surface area contributed by atoms with E-state index in [9.17, 15) is 0 Å². The first-order chi connectivity index (χ1) is 7.25. The van der Waals surface area contributed by atoms with Crippen LogP contribution in [0.25, 0.3) is 0 Å². The van der Waals surface area contributed by atoms with Crippen LogP contribution in [0, 0.1) is 0 Å². The number of nitrogens with zero attached hydrogens (tertiary/aromatic N) is 1. The van der Waals surface area contributed by atoms with Crippen molar-refractivity contribution in [3.8, 4) is 0 Å². The number of benzene rings is 1. The molecule has 0 aromatic heterocycles. The Balaban J connectivity index is 0.00000128. The van der Waals surface area contributed by atoms with Crippen LogP contribution in [0.3, 0.4) is 0 Å². The van der Waals surface area contributed by atoms with Crippen molar-refractivity contribution in [1.82, 2.24) is 4.90 Å². The molecule has 0 aliphatic carbocycles. The van der Waals surface area contributed by atoms with Gasteiger partial charge in [-0.1, -0.05) is 34.1 Å². The van der Waals surface area contributed by atoms with E-state index in [0.29, 0.717) is 6.04 Å². The van der Waals surface area contributed by atoms with Crippen LogP contribution in [-0.2, 0) is 6.54 Å². The van der Waals surface area contributed by atoms with Crippen LogP contribution in [0.1, 0.15) is 18.4 Å². The van der Waals surface area contributed by atoms with Gasteiger partial charge < -0.3 is 5.73 Å². The maximum absolute atomic E-state index is 5.88. The van der Waals surface area contributed by atoms with E-state index in [1.807, 2.05) is 0 Å². The SMILES string of the molecule is Cl.NC1CCN(Cc2ccccc2Br)CC1. The Hall–Kier alpha value is -0.0900. The minimum absolute atomic E-state index is 0. The lowest BCUT2D eigenvalue weighted by Crippen LogP contribution is -2.39. The van der Waals surface area contributed by atoms with Crippen molar-refractivity contribution in [1.29, 1.82) is 0 Å². The summed E-state index contributed by atoms with van der Waals surface area (Å²) >= 11 is 3.58. The molecule has 0 bridgehead atoms. The molecule has 4 heteroatoms. The van der Waals surface area contributed by atoms with Crippen molar-refractivity contribution in [2.24, 2.45) is 5.73 Å². The van der Waals surface area contributed by atoms with Gasteiger partial charge in [0, 0.05) is 17.1 Å². The summed E-state index contributed by atoms with van der Waals surface area (Å²) < 4.78 is 1.21. The maximum Gasteiger partial charge on any atom is 0.0244 e. The van der Waals surface area contributed by atoms with Crippen LogP contribution in [0.2, 0.25) is 0 Å². The van der Waals surface area contributed by atoms with E-state index in [2.05, 4.69) is 45.1 Å². The largest absolute Gasteiger partial charge is 0.328 e. The minimum atomic E-state index is 0. The van der Waals surface area contributed by atoms with Crippen LogP contribution in [0.5, 0.6) is 0 Å². The maximum atomic E-state index is 5.88. The van der Waals surface area contributed by atoms with Crippen LogP contribution in [0.4, 0.5) is 0 Å². The summed E-state index contributed by atoms with van der Waals surface area (Å²) in [5, 5.41) is 0. The van der Waals surface area contributed by atoms with E-state index < -0.39 is 0 Å². The van der Waals surface area contributed by atoms with Crippen molar-refractivity contribution in [3.05, 3.63) is 34.3 Å². The molecule has 0 radical (unpaired) electrons. The topological polar surface area (TPSA) is 29.3 Å². The molecule has 2 rings (SSSR count). The molecule has 1 aliphatic rings. The monoisotopic (exact) mass is 304 g/mol. The summed E-state index contributed by atoms with van der Waals surface area (Å²) in [5.74, 6) is 0. The van der Waals surface area contributed by atoms with Crippen LogP contribution in [0.15, 0.2) is 28.7 Å². The van der Waals surface area contributed by atoms with Gasteiger partial charge in [-0.3, -0.25) is 4.90 Å². The fourth-order valence-electron chi connectivity index (χ4n) is 1.98. The highest BCUT2D eigenvalue weighted by molar-refractivity contribution is 9.10. The second-order valence-corrected chi connectivity index (χ2v) is 5.06. The quantitative estimate of drug-likeness (QED) is 0.910. The Morgan fingerprint density at radius 3 is 2.50 bits per heavy atom. The number of nitrogens with two attached hydrogens (primary N) is 1. The highest BCUT2D eigenvalue weighted by Crippen LogP contribution is 2.19. The lowest BCUT2D eigenvalue weighted by molar-refractivity contribution is 0.205. The van der Waals surface area contributed by atoms with Gasteiger partial charge in [0.15, 0.2) is 0 Å². The zero-order chi connectivity index (χ0) is 10.7. The normalized spacial score (nSPS) is 18.1. The van der Waals surface area contributed by atoms with Gasteiger partial charge in [0.2, 0.25) is 0 Å². The highest BCUT2D eigenvalue weighted by atomic mass is 79.9. The molecule has 0 atom stereocenters. The average Bonchev–Trinajstić information content (AvgIpc) is 2.25. The van der Waals surface area contributed by atoms with E-state index in [-0.39, 0.29) is 12.4 Å². The van der Waals surface area contributed by atoms with Crippen molar-refractivity contribution >= 4 is 28.3 Å². The molecule has 16 heavy (non-hydrogen) atoms. The van der Waals surface area contributed by atoms with E-state index in [4.69, 9.17) is 5.73 Å². The number of likely N-dealkylation sites (tertiary alicyclic amines) is 1. The second kappa shape index (κ2) is 6.60. The third-order valence-corrected chi connectivity index (χ3v) is 3.76. The molecule has 2 nitrogen and oxygen atoms in total.